The number of fused-ring (bicyclic) bond motifs is 1. The van der Waals surface area contributed by atoms with Crippen LogP contribution in [0, 0.1) is 0 Å². The molecule has 5 nitrogen and oxygen atoms in total. The summed E-state index contributed by atoms with van der Waals surface area (Å²) in [6.07, 6.45) is 0.771. The van der Waals surface area contributed by atoms with Gasteiger partial charge < -0.3 is 19.1 Å². The minimum Gasteiger partial charge on any atom is -0.493 e. The standard InChI is InChI=1S/C25H24ClNO4/c1-29-21-14-17(15-22(30-2)24(21)31-3)25(28)27-13-12-16-8-4-5-9-18(16)23(27)19-10-6-7-11-20(19)26/h4-11,14-15,23H,12-13H2,1-3H3/t23-/m0/s1. The summed E-state index contributed by atoms with van der Waals surface area (Å²) >= 11 is 6.58. The predicted octanol–water partition coefficient (Wildman–Crippen LogP) is 5.15. The van der Waals surface area contributed by atoms with E-state index in [0.29, 0.717) is 34.4 Å². The average Bonchev–Trinajstić information content (AvgIpc) is 2.82. The highest BCUT2D eigenvalue weighted by atomic mass is 35.5. The third-order valence-electron chi connectivity index (χ3n) is 5.66. The molecular formula is C25H24ClNO4. The Morgan fingerprint density at radius 3 is 2.13 bits per heavy atom. The first-order valence-electron chi connectivity index (χ1n) is 10.0. The molecule has 0 aromatic heterocycles. The molecule has 1 heterocycles. The van der Waals surface area contributed by atoms with Crippen LogP contribution in [0.5, 0.6) is 17.2 Å². The molecule has 0 fully saturated rings. The predicted molar refractivity (Wildman–Crippen MR) is 121 cm³/mol. The van der Waals surface area contributed by atoms with Crippen molar-refractivity contribution in [3.8, 4) is 17.2 Å². The van der Waals surface area contributed by atoms with Crippen molar-refractivity contribution >= 4 is 17.5 Å². The second kappa shape index (κ2) is 8.90. The molecule has 3 aromatic carbocycles. The number of amides is 1. The zero-order valence-corrected chi connectivity index (χ0v) is 18.5. The SMILES string of the molecule is COc1cc(C(=O)N2CCc3ccccc3[C@H]2c2ccccc2Cl)cc(OC)c1OC. The lowest BCUT2D eigenvalue weighted by molar-refractivity contribution is 0.0694. The molecule has 160 valence electrons. The van der Waals surface area contributed by atoms with Crippen LogP contribution in [0.2, 0.25) is 5.02 Å². The molecular weight excluding hydrogens is 414 g/mol. The van der Waals surface area contributed by atoms with Crippen LogP contribution >= 0.6 is 11.6 Å². The van der Waals surface area contributed by atoms with E-state index in [1.807, 2.05) is 41.3 Å². The lowest BCUT2D eigenvalue weighted by atomic mass is 9.87. The van der Waals surface area contributed by atoms with Crippen molar-refractivity contribution in [1.29, 1.82) is 0 Å². The van der Waals surface area contributed by atoms with Gasteiger partial charge in [0.15, 0.2) is 11.5 Å². The van der Waals surface area contributed by atoms with Crippen LogP contribution in [0.4, 0.5) is 0 Å². The van der Waals surface area contributed by atoms with Crippen molar-refractivity contribution < 1.29 is 19.0 Å². The van der Waals surface area contributed by atoms with Gasteiger partial charge in [0.2, 0.25) is 5.75 Å². The van der Waals surface area contributed by atoms with Gasteiger partial charge in [-0.1, -0.05) is 54.1 Å². The smallest absolute Gasteiger partial charge is 0.254 e. The van der Waals surface area contributed by atoms with Crippen molar-refractivity contribution in [1.82, 2.24) is 4.90 Å². The van der Waals surface area contributed by atoms with Gasteiger partial charge in [-0.2, -0.15) is 0 Å². The molecule has 0 saturated heterocycles. The van der Waals surface area contributed by atoms with Crippen LogP contribution in [0.1, 0.15) is 33.1 Å². The number of benzene rings is 3. The van der Waals surface area contributed by atoms with Crippen LogP contribution < -0.4 is 14.2 Å². The van der Waals surface area contributed by atoms with Crippen LogP contribution in [0.25, 0.3) is 0 Å². The highest BCUT2D eigenvalue weighted by Crippen LogP contribution is 2.42. The molecule has 6 heteroatoms. The van der Waals surface area contributed by atoms with Gasteiger partial charge in [-0.3, -0.25) is 4.79 Å². The Morgan fingerprint density at radius 2 is 1.52 bits per heavy atom. The number of carbonyl (C=O) groups is 1. The first-order chi connectivity index (χ1) is 15.1. The van der Waals surface area contributed by atoms with Crippen LogP contribution in [0.3, 0.4) is 0 Å². The molecule has 0 N–H and O–H groups in total. The molecule has 0 bridgehead atoms. The Labute approximate surface area is 187 Å². The molecule has 4 rings (SSSR count). The molecule has 1 amide bonds. The van der Waals surface area contributed by atoms with E-state index in [2.05, 4.69) is 12.1 Å². The third-order valence-corrected chi connectivity index (χ3v) is 6.00. The topological polar surface area (TPSA) is 48.0 Å². The lowest BCUT2D eigenvalue weighted by Crippen LogP contribution is -2.40. The number of rotatable bonds is 5. The summed E-state index contributed by atoms with van der Waals surface area (Å²) in [5.41, 5.74) is 3.67. The molecule has 1 aliphatic heterocycles. The van der Waals surface area contributed by atoms with Gasteiger partial charge in [0.25, 0.3) is 5.91 Å². The Morgan fingerprint density at radius 1 is 0.903 bits per heavy atom. The van der Waals surface area contributed by atoms with E-state index in [1.165, 1.54) is 26.9 Å². The van der Waals surface area contributed by atoms with E-state index in [1.54, 1.807) is 12.1 Å². The summed E-state index contributed by atoms with van der Waals surface area (Å²) in [6.45, 7) is 0.572. The number of ether oxygens (including phenoxy) is 3. The molecule has 0 radical (unpaired) electrons. The summed E-state index contributed by atoms with van der Waals surface area (Å²) in [5.74, 6) is 1.21. The molecule has 0 aliphatic carbocycles. The zero-order chi connectivity index (χ0) is 22.0. The summed E-state index contributed by atoms with van der Waals surface area (Å²) in [6, 6.07) is 19.0. The van der Waals surface area contributed by atoms with E-state index in [9.17, 15) is 4.79 Å². The van der Waals surface area contributed by atoms with Crippen LogP contribution in [-0.4, -0.2) is 38.7 Å². The van der Waals surface area contributed by atoms with Crippen molar-refractivity contribution in [2.24, 2.45) is 0 Å². The van der Waals surface area contributed by atoms with Crippen molar-refractivity contribution in [2.45, 2.75) is 12.5 Å². The highest BCUT2D eigenvalue weighted by Gasteiger charge is 2.34. The normalized spacial score (nSPS) is 15.2. The minimum absolute atomic E-state index is 0.126. The summed E-state index contributed by atoms with van der Waals surface area (Å²) in [4.78, 5) is 15.6. The molecule has 31 heavy (non-hydrogen) atoms. The van der Waals surface area contributed by atoms with Gasteiger partial charge in [0.05, 0.1) is 27.4 Å². The molecule has 0 spiro atoms. The molecule has 0 unspecified atom stereocenters. The first-order valence-corrected chi connectivity index (χ1v) is 10.4. The van der Waals surface area contributed by atoms with Crippen molar-refractivity contribution in [2.75, 3.05) is 27.9 Å². The zero-order valence-electron chi connectivity index (χ0n) is 17.7. The monoisotopic (exact) mass is 437 g/mol. The van der Waals surface area contributed by atoms with Gasteiger partial charge in [-0.05, 0) is 41.3 Å². The number of methoxy groups -OCH3 is 3. The quantitative estimate of drug-likeness (QED) is 0.553. The lowest BCUT2D eigenvalue weighted by Gasteiger charge is -2.38. The molecule has 0 saturated carbocycles. The Bertz CT molecular complexity index is 1090. The van der Waals surface area contributed by atoms with Crippen molar-refractivity contribution in [3.05, 3.63) is 87.9 Å². The fraction of sp³-hybridized carbons (Fsp3) is 0.240. The van der Waals surface area contributed by atoms with Crippen molar-refractivity contribution in [3.63, 3.8) is 0 Å². The van der Waals surface area contributed by atoms with Gasteiger partial charge in [0.1, 0.15) is 0 Å². The molecule has 1 atom stereocenters. The van der Waals surface area contributed by atoms with Crippen LogP contribution in [0.15, 0.2) is 60.7 Å². The second-order valence-corrected chi connectivity index (χ2v) is 7.69. The fourth-order valence-electron chi connectivity index (χ4n) is 4.19. The third kappa shape index (κ3) is 3.81. The maximum absolute atomic E-state index is 13.8. The molecule has 3 aromatic rings. The number of nitrogens with zero attached hydrogens (tertiary/aromatic N) is 1. The Balaban J connectivity index is 1.83. The summed E-state index contributed by atoms with van der Waals surface area (Å²) in [5, 5.41) is 0.631. The average molecular weight is 438 g/mol. The summed E-state index contributed by atoms with van der Waals surface area (Å²) in [7, 11) is 4.61. The molecule has 1 aliphatic rings. The van der Waals surface area contributed by atoms with E-state index in [4.69, 9.17) is 25.8 Å². The summed E-state index contributed by atoms with van der Waals surface area (Å²) < 4.78 is 16.3. The number of carbonyl (C=O) groups excluding carboxylic acids is 1. The largest absolute Gasteiger partial charge is 0.493 e. The van der Waals surface area contributed by atoms with Gasteiger partial charge in [-0.25, -0.2) is 0 Å². The number of hydrogen-bond donors (Lipinski definition) is 0. The van der Waals surface area contributed by atoms with Gasteiger partial charge in [-0.15, -0.1) is 0 Å². The first kappa shape index (κ1) is 21.1. The highest BCUT2D eigenvalue weighted by molar-refractivity contribution is 6.31. The fourth-order valence-corrected chi connectivity index (χ4v) is 4.43. The maximum Gasteiger partial charge on any atom is 0.254 e. The number of hydrogen-bond acceptors (Lipinski definition) is 4. The van der Waals surface area contributed by atoms with Gasteiger partial charge >= 0.3 is 0 Å². The van der Waals surface area contributed by atoms with E-state index in [-0.39, 0.29) is 11.9 Å². The minimum atomic E-state index is -0.287. The van der Waals surface area contributed by atoms with Crippen LogP contribution in [-0.2, 0) is 6.42 Å². The van der Waals surface area contributed by atoms with Gasteiger partial charge in [0, 0.05) is 17.1 Å². The van der Waals surface area contributed by atoms with E-state index >= 15 is 0 Å². The van der Waals surface area contributed by atoms with E-state index < -0.39 is 0 Å². The maximum atomic E-state index is 13.8. The Hall–Kier alpha value is -3.18. The second-order valence-electron chi connectivity index (χ2n) is 7.29. The Kier molecular flexibility index (Phi) is 6.05. The number of halogens is 1. The van der Waals surface area contributed by atoms with E-state index in [0.717, 1.165) is 17.5 Å².